The van der Waals surface area contributed by atoms with Gasteiger partial charge in [0.2, 0.25) is 0 Å². The van der Waals surface area contributed by atoms with E-state index in [1.807, 2.05) is 37.3 Å². The van der Waals surface area contributed by atoms with Crippen molar-refractivity contribution < 1.29 is 9.53 Å². The van der Waals surface area contributed by atoms with E-state index in [-0.39, 0.29) is 18.0 Å². The summed E-state index contributed by atoms with van der Waals surface area (Å²) in [7, 11) is 0. The number of carbonyl (C=O) groups is 1. The Labute approximate surface area is 127 Å². The Hall–Kier alpha value is -1.64. The number of nitrogens with zero attached hydrogens (tertiary/aromatic N) is 1. The predicted molar refractivity (Wildman–Crippen MR) is 85.6 cm³/mol. The number of ether oxygens (including phenoxy) is 1. The molecule has 0 aromatic heterocycles. The average molecular weight is 287 g/mol. The van der Waals surface area contributed by atoms with Crippen molar-refractivity contribution in [3.8, 4) is 0 Å². The van der Waals surface area contributed by atoms with Gasteiger partial charge in [-0.1, -0.05) is 58.0 Å². The molecule has 0 radical (unpaired) electrons. The van der Waals surface area contributed by atoms with Gasteiger partial charge in [0.1, 0.15) is 6.10 Å². The molecule has 0 saturated heterocycles. The van der Waals surface area contributed by atoms with E-state index in [0.717, 1.165) is 11.3 Å². The molecule has 1 aromatic rings. The number of esters is 1. The summed E-state index contributed by atoms with van der Waals surface area (Å²) in [4.78, 5) is 17.3. The molecule has 2 atom stereocenters. The lowest BCUT2D eigenvalue weighted by atomic mass is 9.87. The molecular weight excluding hydrogens is 262 g/mol. The maximum absolute atomic E-state index is 12.4. The lowest BCUT2D eigenvalue weighted by molar-refractivity contribution is -0.155. The van der Waals surface area contributed by atoms with Crippen molar-refractivity contribution in [3.63, 3.8) is 0 Å². The summed E-state index contributed by atoms with van der Waals surface area (Å²) < 4.78 is 5.76. The van der Waals surface area contributed by atoms with Gasteiger partial charge >= 0.3 is 5.97 Å². The first-order chi connectivity index (χ1) is 9.83. The van der Waals surface area contributed by atoms with E-state index < -0.39 is 5.54 Å². The molecule has 2 rings (SSSR count). The highest BCUT2D eigenvalue weighted by atomic mass is 16.5. The van der Waals surface area contributed by atoms with Gasteiger partial charge in [-0.15, -0.1) is 0 Å². The summed E-state index contributed by atoms with van der Waals surface area (Å²) >= 11 is 0. The molecule has 0 N–H and O–H groups in total. The van der Waals surface area contributed by atoms with Gasteiger partial charge in [0, 0.05) is 0 Å². The molecule has 1 aliphatic rings. The van der Waals surface area contributed by atoms with Crippen molar-refractivity contribution in [3.05, 3.63) is 35.9 Å². The van der Waals surface area contributed by atoms with Crippen LogP contribution in [0.4, 0.5) is 0 Å². The smallest absolute Gasteiger partial charge is 0.334 e. The zero-order valence-electron chi connectivity index (χ0n) is 13.6. The van der Waals surface area contributed by atoms with Crippen LogP contribution in [-0.4, -0.2) is 23.3 Å². The molecule has 0 unspecified atom stereocenters. The van der Waals surface area contributed by atoms with Gasteiger partial charge in [-0.3, -0.25) is 4.99 Å². The van der Waals surface area contributed by atoms with Crippen LogP contribution in [0, 0.1) is 11.8 Å². The zero-order chi connectivity index (χ0) is 15.6. The largest absolute Gasteiger partial charge is 0.454 e. The zero-order valence-corrected chi connectivity index (χ0v) is 13.6. The number of hydrogen-bond acceptors (Lipinski definition) is 3. The molecule has 0 amide bonds. The summed E-state index contributed by atoms with van der Waals surface area (Å²) in [6.07, 6.45) is 0.438. The minimum Gasteiger partial charge on any atom is -0.454 e. The van der Waals surface area contributed by atoms with Crippen LogP contribution in [0.2, 0.25) is 0 Å². The molecule has 1 aliphatic heterocycles. The Morgan fingerprint density at radius 1 is 1.19 bits per heavy atom. The van der Waals surface area contributed by atoms with Crippen LogP contribution in [0.3, 0.4) is 0 Å². The second kappa shape index (κ2) is 6.00. The van der Waals surface area contributed by atoms with E-state index in [1.165, 1.54) is 0 Å². The highest BCUT2D eigenvalue weighted by Gasteiger charge is 2.43. The van der Waals surface area contributed by atoms with Crippen LogP contribution in [0.1, 0.15) is 46.6 Å². The van der Waals surface area contributed by atoms with Crippen molar-refractivity contribution in [2.75, 3.05) is 0 Å². The number of hydrogen-bond donors (Lipinski definition) is 0. The van der Waals surface area contributed by atoms with E-state index in [0.29, 0.717) is 12.3 Å². The fourth-order valence-electron chi connectivity index (χ4n) is 2.89. The average Bonchev–Trinajstić information content (AvgIpc) is 2.41. The van der Waals surface area contributed by atoms with Gasteiger partial charge in [-0.05, 0) is 30.7 Å². The summed E-state index contributed by atoms with van der Waals surface area (Å²) in [5, 5.41) is 0. The highest BCUT2D eigenvalue weighted by Crippen LogP contribution is 2.31. The molecule has 114 valence electrons. The predicted octanol–water partition coefficient (Wildman–Crippen LogP) is 3.86. The number of aliphatic imine (C=N–C) groups is 1. The number of rotatable bonds is 4. The van der Waals surface area contributed by atoms with Gasteiger partial charge in [0.25, 0.3) is 0 Å². The molecule has 0 bridgehead atoms. The van der Waals surface area contributed by atoms with Crippen molar-refractivity contribution in [1.29, 1.82) is 0 Å². The lowest BCUT2D eigenvalue weighted by Gasteiger charge is -2.36. The number of carbonyl (C=O) groups excluding carboxylic acids is 1. The molecular formula is C18H25NO2. The summed E-state index contributed by atoms with van der Waals surface area (Å²) in [5.74, 6) is 0.394. The molecule has 3 heteroatoms. The van der Waals surface area contributed by atoms with Crippen LogP contribution in [0.25, 0.3) is 0 Å². The van der Waals surface area contributed by atoms with Gasteiger partial charge < -0.3 is 4.74 Å². The molecule has 3 nitrogen and oxygen atoms in total. The van der Waals surface area contributed by atoms with Crippen LogP contribution in [0.5, 0.6) is 0 Å². The van der Waals surface area contributed by atoms with Gasteiger partial charge in [0.05, 0.1) is 5.71 Å². The molecule has 0 saturated carbocycles. The Balaban J connectivity index is 2.48. The quantitative estimate of drug-likeness (QED) is 0.789. The number of cyclic esters (lactones) is 1. The first-order valence-electron chi connectivity index (χ1n) is 7.70. The SMILES string of the molecule is CC(C)C[C@]1(C)N=C(c2ccccc2)[C@@H](C(C)C)OC1=O. The molecule has 0 spiro atoms. The first-order valence-corrected chi connectivity index (χ1v) is 7.70. The van der Waals surface area contributed by atoms with E-state index in [2.05, 4.69) is 27.7 Å². The topological polar surface area (TPSA) is 38.7 Å². The first kappa shape index (κ1) is 15.7. The third-order valence-electron chi connectivity index (χ3n) is 3.79. The minimum absolute atomic E-state index is 0.199. The highest BCUT2D eigenvalue weighted by molar-refractivity contribution is 6.08. The normalized spacial score (nSPS) is 26.0. The fourth-order valence-corrected chi connectivity index (χ4v) is 2.89. The Morgan fingerprint density at radius 2 is 1.81 bits per heavy atom. The molecule has 1 heterocycles. The van der Waals surface area contributed by atoms with Gasteiger partial charge in [-0.25, -0.2) is 4.79 Å². The Bertz CT molecular complexity index is 533. The molecule has 0 aliphatic carbocycles. The lowest BCUT2D eigenvalue weighted by Crippen LogP contribution is -2.48. The third-order valence-corrected chi connectivity index (χ3v) is 3.79. The maximum Gasteiger partial charge on any atom is 0.334 e. The third kappa shape index (κ3) is 3.34. The fraction of sp³-hybridized carbons (Fsp3) is 0.556. The van der Waals surface area contributed by atoms with Crippen LogP contribution < -0.4 is 0 Å². The summed E-state index contributed by atoms with van der Waals surface area (Å²) in [6.45, 7) is 10.2. The van der Waals surface area contributed by atoms with Gasteiger partial charge in [0.15, 0.2) is 5.54 Å². The van der Waals surface area contributed by atoms with Crippen molar-refractivity contribution in [2.45, 2.75) is 52.7 Å². The Kier molecular flexibility index (Phi) is 4.50. The van der Waals surface area contributed by atoms with Crippen LogP contribution >= 0.6 is 0 Å². The Morgan fingerprint density at radius 3 is 2.33 bits per heavy atom. The summed E-state index contributed by atoms with van der Waals surface area (Å²) in [5.41, 5.74) is 1.16. The van der Waals surface area contributed by atoms with Crippen LogP contribution in [0.15, 0.2) is 35.3 Å². The standard InChI is InChI=1S/C18H25NO2/c1-12(2)11-18(5)17(20)21-16(13(3)4)15(19-18)14-9-7-6-8-10-14/h6-10,12-13,16H,11H2,1-5H3/t16-,18+/m1/s1. The van der Waals surface area contributed by atoms with Crippen molar-refractivity contribution in [1.82, 2.24) is 0 Å². The summed E-state index contributed by atoms with van der Waals surface area (Å²) in [6, 6.07) is 10.0. The molecule has 21 heavy (non-hydrogen) atoms. The van der Waals surface area contributed by atoms with E-state index in [9.17, 15) is 4.79 Å². The second-order valence-corrected chi connectivity index (χ2v) is 6.80. The van der Waals surface area contributed by atoms with Crippen LogP contribution in [-0.2, 0) is 9.53 Å². The number of benzene rings is 1. The minimum atomic E-state index is -0.773. The van der Waals surface area contributed by atoms with E-state index >= 15 is 0 Å². The van der Waals surface area contributed by atoms with Crippen molar-refractivity contribution >= 4 is 11.7 Å². The van der Waals surface area contributed by atoms with Crippen molar-refractivity contribution in [2.24, 2.45) is 16.8 Å². The monoisotopic (exact) mass is 287 g/mol. The van der Waals surface area contributed by atoms with E-state index in [1.54, 1.807) is 0 Å². The second-order valence-electron chi connectivity index (χ2n) is 6.80. The van der Waals surface area contributed by atoms with E-state index in [4.69, 9.17) is 9.73 Å². The molecule has 0 fully saturated rings. The van der Waals surface area contributed by atoms with Gasteiger partial charge in [-0.2, -0.15) is 0 Å². The molecule has 1 aromatic carbocycles. The maximum atomic E-state index is 12.4.